The van der Waals surface area contributed by atoms with Gasteiger partial charge in [0, 0.05) is 31.3 Å². The maximum Gasteiger partial charge on any atom is 0.229 e. The summed E-state index contributed by atoms with van der Waals surface area (Å²) < 4.78 is 21.6. The summed E-state index contributed by atoms with van der Waals surface area (Å²) in [4.78, 5) is 26.9. The monoisotopic (exact) mass is 426 g/mol. The van der Waals surface area contributed by atoms with Crippen molar-refractivity contribution in [2.75, 3.05) is 45.8 Å². The first-order valence-corrected chi connectivity index (χ1v) is 10.3. The molecule has 0 bridgehead atoms. The Balaban J connectivity index is 1.33. The summed E-state index contributed by atoms with van der Waals surface area (Å²) in [7, 11) is 3.19. The molecule has 1 N–H and O–H groups in total. The van der Waals surface area contributed by atoms with Crippen LogP contribution in [0.15, 0.2) is 36.4 Å². The zero-order valence-corrected chi connectivity index (χ0v) is 17.7. The van der Waals surface area contributed by atoms with Crippen LogP contribution in [0, 0.1) is 5.92 Å². The summed E-state index contributed by atoms with van der Waals surface area (Å²) >= 11 is 0. The third kappa shape index (κ3) is 4.68. The maximum absolute atomic E-state index is 12.7. The number of amides is 2. The lowest BCUT2D eigenvalue weighted by atomic mass is 10.1. The molecule has 1 atom stereocenters. The van der Waals surface area contributed by atoms with Crippen LogP contribution in [0.5, 0.6) is 23.0 Å². The molecule has 164 valence electrons. The average Bonchev–Trinajstić information content (AvgIpc) is 3.18. The largest absolute Gasteiger partial charge is 0.493 e. The van der Waals surface area contributed by atoms with E-state index in [2.05, 4.69) is 5.32 Å². The van der Waals surface area contributed by atoms with Crippen molar-refractivity contribution < 1.29 is 28.5 Å². The highest BCUT2D eigenvalue weighted by Crippen LogP contribution is 2.33. The molecule has 4 rings (SSSR count). The van der Waals surface area contributed by atoms with Gasteiger partial charge in [0.25, 0.3) is 0 Å². The van der Waals surface area contributed by atoms with Gasteiger partial charge in [0.1, 0.15) is 13.2 Å². The summed E-state index contributed by atoms with van der Waals surface area (Å²) in [5.41, 5.74) is 1.67. The second-order valence-electron chi connectivity index (χ2n) is 7.53. The molecule has 0 radical (unpaired) electrons. The number of nitrogens with one attached hydrogen (secondary N) is 1. The molecule has 0 aromatic heterocycles. The van der Waals surface area contributed by atoms with E-state index in [1.165, 1.54) is 0 Å². The Bertz CT molecular complexity index is 977. The first kappa shape index (κ1) is 20.8. The fourth-order valence-electron chi connectivity index (χ4n) is 3.83. The Morgan fingerprint density at radius 3 is 2.61 bits per heavy atom. The number of carbonyl (C=O) groups is 2. The van der Waals surface area contributed by atoms with Crippen LogP contribution in [-0.4, -0.2) is 57.2 Å². The van der Waals surface area contributed by atoms with E-state index < -0.39 is 0 Å². The van der Waals surface area contributed by atoms with Crippen LogP contribution in [0.4, 0.5) is 5.69 Å². The quantitative estimate of drug-likeness (QED) is 0.732. The number of rotatable bonds is 7. The number of anilines is 1. The summed E-state index contributed by atoms with van der Waals surface area (Å²) in [5, 5.41) is 2.89. The molecule has 1 fully saturated rings. The minimum atomic E-state index is -0.383. The van der Waals surface area contributed by atoms with E-state index in [9.17, 15) is 9.59 Å². The fourth-order valence-corrected chi connectivity index (χ4v) is 3.83. The molecular weight excluding hydrogens is 400 g/mol. The average molecular weight is 426 g/mol. The maximum atomic E-state index is 12.7. The molecule has 2 aromatic carbocycles. The van der Waals surface area contributed by atoms with Gasteiger partial charge < -0.3 is 29.2 Å². The zero-order valence-electron chi connectivity index (χ0n) is 17.7. The highest BCUT2D eigenvalue weighted by atomic mass is 16.6. The van der Waals surface area contributed by atoms with Gasteiger partial charge in [0.2, 0.25) is 11.8 Å². The molecular formula is C23H26N2O6. The third-order valence-electron chi connectivity index (χ3n) is 5.51. The molecule has 0 saturated carbocycles. The van der Waals surface area contributed by atoms with Crippen LogP contribution in [-0.2, 0) is 16.0 Å². The first-order valence-electron chi connectivity index (χ1n) is 10.3. The summed E-state index contributed by atoms with van der Waals surface area (Å²) in [5.74, 6) is 2.04. The number of carbonyl (C=O) groups excluding carboxylic acids is 2. The van der Waals surface area contributed by atoms with Gasteiger partial charge in [-0.05, 0) is 36.2 Å². The van der Waals surface area contributed by atoms with Crippen LogP contribution in [0.25, 0.3) is 0 Å². The highest BCUT2D eigenvalue weighted by Gasteiger charge is 2.34. The molecule has 0 spiro atoms. The third-order valence-corrected chi connectivity index (χ3v) is 5.51. The summed E-state index contributed by atoms with van der Waals surface area (Å²) in [6, 6.07) is 11.0. The molecule has 2 amide bonds. The van der Waals surface area contributed by atoms with Crippen molar-refractivity contribution in [1.82, 2.24) is 4.90 Å². The van der Waals surface area contributed by atoms with E-state index in [1.807, 2.05) is 18.2 Å². The number of likely N-dealkylation sites (tertiary alicyclic amines) is 1. The van der Waals surface area contributed by atoms with Crippen molar-refractivity contribution in [2.45, 2.75) is 12.8 Å². The van der Waals surface area contributed by atoms with Crippen molar-refractivity contribution in [3.8, 4) is 23.0 Å². The molecule has 8 nitrogen and oxygen atoms in total. The van der Waals surface area contributed by atoms with E-state index in [0.29, 0.717) is 61.4 Å². The van der Waals surface area contributed by atoms with Gasteiger partial charge in [0.05, 0.1) is 20.1 Å². The number of methoxy groups -OCH3 is 2. The molecule has 1 unspecified atom stereocenters. The lowest BCUT2D eigenvalue weighted by Crippen LogP contribution is -2.30. The van der Waals surface area contributed by atoms with E-state index in [1.54, 1.807) is 37.3 Å². The Kier molecular flexibility index (Phi) is 6.16. The van der Waals surface area contributed by atoms with Crippen LogP contribution in [0.1, 0.15) is 12.0 Å². The van der Waals surface area contributed by atoms with Crippen LogP contribution >= 0.6 is 0 Å². The minimum Gasteiger partial charge on any atom is -0.493 e. The fraction of sp³-hybridized carbons (Fsp3) is 0.391. The summed E-state index contributed by atoms with van der Waals surface area (Å²) in [6.07, 6.45) is 0.880. The van der Waals surface area contributed by atoms with Gasteiger partial charge in [0.15, 0.2) is 23.0 Å². The standard InChI is InChI=1S/C23H26N2O6/c1-28-18-5-3-15(11-20(18)29-2)7-8-25-14-16(12-22(25)26)23(27)24-17-4-6-19-21(13-17)31-10-9-30-19/h3-6,11,13,16H,7-10,12,14H2,1-2H3,(H,24,27). The lowest BCUT2D eigenvalue weighted by molar-refractivity contribution is -0.128. The van der Waals surface area contributed by atoms with Gasteiger partial charge in [-0.2, -0.15) is 0 Å². The molecule has 2 aliphatic heterocycles. The van der Waals surface area contributed by atoms with E-state index in [-0.39, 0.29) is 24.2 Å². The number of hydrogen-bond acceptors (Lipinski definition) is 6. The summed E-state index contributed by atoms with van der Waals surface area (Å²) in [6.45, 7) is 1.95. The van der Waals surface area contributed by atoms with Crippen molar-refractivity contribution in [2.24, 2.45) is 5.92 Å². The van der Waals surface area contributed by atoms with Gasteiger partial charge >= 0.3 is 0 Å². The number of hydrogen-bond donors (Lipinski definition) is 1. The Morgan fingerprint density at radius 2 is 1.84 bits per heavy atom. The molecule has 0 aliphatic carbocycles. The Hall–Kier alpha value is -3.42. The van der Waals surface area contributed by atoms with Crippen LogP contribution < -0.4 is 24.3 Å². The first-order chi connectivity index (χ1) is 15.1. The second kappa shape index (κ2) is 9.16. The molecule has 31 heavy (non-hydrogen) atoms. The van der Waals surface area contributed by atoms with Crippen molar-refractivity contribution in [1.29, 1.82) is 0 Å². The SMILES string of the molecule is COc1ccc(CCN2CC(C(=O)Nc3ccc4c(c3)OCCO4)CC2=O)cc1OC. The van der Waals surface area contributed by atoms with Gasteiger partial charge in [-0.15, -0.1) is 0 Å². The van der Waals surface area contributed by atoms with Gasteiger partial charge in [-0.25, -0.2) is 0 Å². The predicted octanol–water partition coefficient (Wildman–Crippen LogP) is 2.50. The molecule has 2 heterocycles. The van der Waals surface area contributed by atoms with Crippen molar-refractivity contribution in [3.63, 3.8) is 0 Å². The van der Waals surface area contributed by atoms with Crippen molar-refractivity contribution >= 4 is 17.5 Å². The van der Waals surface area contributed by atoms with E-state index >= 15 is 0 Å². The lowest BCUT2D eigenvalue weighted by Gasteiger charge is -2.19. The predicted molar refractivity (Wildman–Crippen MR) is 114 cm³/mol. The second-order valence-corrected chi connectivity index (χ2v) is 7.53. The smallest absolute Gasteiger partial charge is 0.229 e. The number of fused-ring (bicyclic) bond motifs is 1. The number of nitrogens with zero attached hydrogens (tertiary/aromatic N) is 1. The highest BCUT2D eigenvalue weighted by molar-refractivity contribution is 5.97. The van der Waals surface area contributed by atoms with Crippen molar-refractivity contribution in [3.05, 3.63) is 42.0 Å². The van der Waals surface area contributed by atoms with E-state index in [0.717, 1.165) is 5.56 Å². The van der Waals surface area contributed by atoms with E-state index in [4.69, 9.17) is 18.9 Å². The molecule has 8 heteroatoms. The number of ether oxygens (including phenoxy) is 4. The molecule has 2 aliphatic rings. The Labute approximate surface area is 181 Å². The molecule has 2 aromatic rings. The number of benzene rings is 2. The van der Waals surface area contributed by atoms with Crippen LogP contribution in [0.3, 0.4) is 0 Å². The minimum absolute atomic E-state index is 0.0113. The van der Waals surface area contributed by atoms with Crippen LogP contribution in [0.2, 0.25) is 0 Å². The van der Waals surface area contributed by atoms with Gasteiger partial charge in [-0.1, -0.05) is 6.07 Å². The molecule has 1 saturated heterocycles. The normalized spacial score (nSPS) is 17.4. The van der Waals surface area contributed by atoms with Gasteiger partial charge in [-0.3, -0.25) is 9.59 Å². The zero-order chi connectivity index (χ0) is 21.8. The topological polar surface area (TPSA) is 86.3 Å². The Morgan fingerprint density at radius 1 is 1.06 bits per heavy atom.